The third-order valence-electron chi connectivity index (χ3n) is 2.90. The first kappa shape index (κ1) is 17.3. The maximum absolute atomic E-state index is 12.3. The molecule has 2 N–H and O–H groups in total. The lowest BCUT2D eigenvalue weighted by atomic mass is 10.1. The molecule has 116 valence electrons. The molecule has 5 nitrogen and oxygen atoms in total. The summed E-state index contributed by atoms with van der Waals surface area (Å²) in [5.41, 5.74) is 0.218. The summed E-state index contributed by atoms with van der Waals surface area (Å²) >= 11 is 5.79. The average Bonchev–Trinajstić information content (AvgIpc) is 2.37. The number of halogens is 1. The van der Waals surface area contributed by atoms with E-state index in [1.54, 1.807) is 11.0 Å². The monoisotopic (exact) mass is 312 g/mol. The molecule has 0 bridgehead atoms. The number of nitrogens with one attached hydrogen (secondary N) is 1. The van der Waals surface area contributed by atoms with Crippen molar-refractivity contribution in [1.29, 1.82) is 0 Å². The fourth-order valence-corrected chi connectivity index (χ4v) is 2.08. The van der Waals surface area contributed by atoms with Crippen molar-refractivity contribution in [2.75, 3.05) is 11.9 Å². The normalized spacial score (nSPS) is 10.8. The Morgan fingerprint density at radius 2 is 1.90 bits per heavy atom. The predicted octanol–water partition coefficient (Wildman–Crippen LogP) is 3.94. The lowest BCUT2D eigenvalue weighted by molar-refractivity contribution is 0.0698. The van der Waals surface area contributed by atoms with Gasteiger partial charge in [-0.25, -0.2) is 9.59 Å². The van der Waals surface area contributed by atoms with Gasteiger partial charge in [0.25, 0.3) is 0 Å². The zero-order valence-corrected chi connectivity index (χ0v) is 13.4. The summed E-state index contributed by atoms with van der Waals surface area (Å²) in [4.78, 5) is 25.2. The number of carbonyl (C=O) groups excluding carboxylic acids is 1. The standard InChI is InChI=1S/C15H21ClN2O3/c1-9(2)8-18(10(3)4)15(21)17-13-6-5-11(16)7-12(13)14(19)20/h5-7,9-10H,8H2,1-4H3,(H,17,21)(H,19,20). The molecule has 0 heterocycles. The quantitative estimate of drug-likeness (QED) is 0.865. The fourth-order valence-electron chi connectivity index (χ4n) is 1.91. The molecule has 6 heteroatoms. The molecular weight excluding hydrogens is 292 g/mol. The van der Waals surface area contributed by atoms with E-state index in [-0.39, 0.29) is 23.3 Å². The number of carboxylic acid groups (broad SMARTS) is 1. The number of hydrogen-bond acceptors (Lipinski definition) is 2. The van der Waals surface area contributed by atoms with Crippen LogP contribution in [0.15, 0.2) is 18.2 Å². The van der Waals surface area contributed by atoms with Gasteiger partial charge < -0.3 is 15.3 Å². The second-order valence-corrected chi connectivity index (χ2v) is 6.00. The second kappa shape index (κ2) is 7.31. The highest BCUT2D eigenvalue weighted by molar-refractivity contribution is 6.31. The molecule has 0 atom stereocenters. The van der Waals surface area contributed by atoms with Crippen molar-refractivity contribution in [3.8, 4) is 0 Å². The van der Waals surface area contributed by atoms with E-state index in [9.17, 15) is 14.7 Å². The third-order valence-corrected chi connectivity index (χ3v) is 3.13. The zero-order chi connectivity index (χ0) is 16.2. The van der Waals surface area contributed by atoms with Crippen LogP contribution in [0.3, 0.4) is 0 Å². The van der Waals surface area contributed by atoms with Gasteiger partial charge in [0.05, 0.1) is 11.3 Å². The molecule has 0 unspecified atom stereocenters. The number of rotatable bonds is 5. The van der Waals surface area contributed by atoms with E-state index < -0.39 is 5.97 Å². The van der Waals surface area contributed by atoms with Crippen LogP contribution < -0.4 is 5.32 Å². The maximum Gasteiger partial charge on any atom is 0.337 e. The molecule has 2 amide bonds. The zero-order valence-electron chi connectivity index (χ0n) is 12.7. The summed E-state index contributed by atoms with van der Waals surface area (Å²) in [5.74, 6) is -0.810. The highest BCUT2D eigenvalue weighted by Crippen LogP contribution is 2.21. The van der Waals surface area contributed by atoms with Crippen molar-refractivity contribution in [2.24, 2.45) is 5.92 Å². The van der Waals surface area contributed by atoms with Crippen molar-refractivity contribution in [3.63, 3.8) is 0 Å². The van der Waals surface area contributed by atoms with Crippen molar-refractivity contribution in [2.45, 2.75) is 33.7 Å². The number of amides is 2. The van der Waals surface area contributed by atoms with Gasteiger partial charge in [-0.05, 0) is 38.0 Å². The molecule has 1 aromatic rings. The van der Waals surface area contributed by atoms with Crippen LogP contribution in [0.4, 0.5) is 10.5 Å². The first-order valence-electron chi connectivity index (χ1n) is 6.82. The highest BCUT2D eigenvalue weighted by Gasteiger charge is 2.20. The number of benzene rings is 1. The summed E-state index contributed by atoms with van der Waals surface area (Å²) < 4.78 is 0. The minimum Gasteiger partial charge on any atom is -0.478 e. The van der Waals surface area contributed by atoms with Gasteiger partial charge in [0.2, 0.25) is 0 Å². The third kappa shape index (κ3) is 4.93. The molecular formula is C15H21ClN2O3. The van der Waals surface area contributed by atoms with E-state index in [0.29, 0.717) is 17.5 Å². The molecule has 1 aromatic carbocycles. The minimum absolute atomic E-state index is 0.0213. The Morgan fingerprint density at radius 3 is 2.38 bits per heavy atom. The van der Waals surface area contributed by atoms with E-state index in [1.807, 2.05) is 27.7 Å². The SMILES string of the molecule is CC(C)CN(C(=O)Nc1ccc(Cl)cc1C(=O)O)C(C)C. The molecule has 1 rings (SSSR count). The Morgan fingerprint density at radius 1 is 1.29 bits per heavy atom. The van der Waals surface area contributed by atoms with Gasteiger partial charge in [0.15, 0.2) is 0 Å². The van der Waals surface area contributed by atoms with Crippen molar-refractivity contribution < 1.29 is 14.7 Å². The van der Waals surface area contributed by atoms with E-state index in [2.05, 4.69) is 5.32 Å². The minimum atomic E-state index is -1.13. The molecule has 0 saturated heterocycles. The first-order valence-corrected chi connectivity index (χ1v) is 7.20. The molecule has 0 saturated carbocycles. The number of carboxylic acids is 1. The summed E-state index contributed by atoms with van der Waals surface area (Å²) in [7, 11) is 0. The number of urea groups is 1. The molecule has 21 heavy (non-hydrogen) atoms. The smallest absolute Gasteiger partial charge is 0.337 e. The Balaban J connectivity index is 2.98. The first-order chi connectivity index (χ1) is 9.72. The van der Waals surface area contributed by atoms with E-state index in [4.69, 9.17) is 11.6 Å². The predicted molar refractivity (Wildman–Crippen MR) is 84.1 cm³/mol. The van der Waals surface area contributed by atoms with E-state index in [0.717, 1.165) is 0 Å². The maximum atomic E-state index is 12.3. The summed E-state index contributed by atoms with van der Waals surface area (Å²) in [5, 5.41) is 12.1. The van der Waals surface area contributed by atoms with Gasteiger partial charge in [-0.2, -0.15) is 0 Å². The lowest BCUT2D eigenvalue weighted by Crippen LogP contribution is -2.42. The molecule has 0 aromatic heterocycles. The Kier molecular flexibility index (Phi) is 6.03. The largest absolute Gasteiger partial charge is 0.478 e. The Bertz CT molecular complexity index is 530. The number of nitrogens with zero attached hydrogens (tertiary/aromatic N) is 1. The average molecular weight is 313 g/mol. The van der Waals surface area contributed by atoms with Gasteiger partial charge in [0, 0.05) is 17.6 Å². The van der Waals surface area contributed by atoms with Gasteiger partial charge in [-0.3, -0.25) is 0 Å². The summed E-state index contributed by atoms with van der Waals surface area (Å²) in [6.45, 7) is 8.48. The van der Waals surface area contributed by atoms with Gasteiger partial charge in [-0.15, -0.1) is 0 Å². The number of aromatic carboxylic acids is 1. The number of carbonyl (C=O) groups is 2. The topological polar surface area (TPSA) is 69.6 Å². The summed E-state index contributed by atoms with van der Waals surface area (Å²) in [6, 6.07) is 4.07. The van der Waals surface area contributed by atoms with Crippen LogP contribution in [0.1, 0.15) is 38.1 Å². The Labute approximate surface area is 129 Å². The van der Waals surface area contributed by atoms with Gasteiger partial charge in [-0.1, -0.05) is 25.4 Å². The van der Waals surface area contributed by atoms with Crippen LogP contribution in [0.25, 0.3) is 0 Å². The van der Waals surface area contributed by atoms with Crippen LogP contribution in [0.2, 0.25) is 5.02 Å². The Hall–Kier alpha value is -1.75. The molecule has 0 aliphatic heterocycles. The lowest BCUT2D eigenvalue weighted by Gasteiger charge is -2.28. The van der Waals surface area contributed by atoms with Crippen LogP contribution in [-0.4, -0.2) is 34.6 Å². The fraction of sp³-hybridized carbons (Fsp3) is 0.467. The van der Waals surface area contributed by atoms with Crippen LogP contribution in [0.5, 0.6) is 0 Å². The molecule has 0 aliphatic carbocycles. The number of hydrogen-bond donors (Lipinski definition) is 2. The van der Waals surface area contributed by atoms with E-state index >= 15 is 0 Å². The van der Waals surface area contributed by atoms with Crippen molar-refractivity contribution in [3.05, 3.63) is 28.8 Å². The highest BCUT2D eigenvalue weighted by atomic mass is 35.5. The molecule has 0 radical (unpaired) electrons. The second-order valence-electron chi connectivity index (χ2n) is 5.57. The molecule has 0 spiro atoms. The summed E-state index contributed by atoms with van der Waals surface area (Å²) in [6.07, 6.45) is 0. The van der Waals surface area contributed by atoms with Gasteiger partial charge in [0.1, 0.15) is 0 Å². The van der Waals surface area contributed by atoms with Crippen LogP contribution in [-0.2, 0) is 0 Å². The van der Waals surface area contributed by atoms with Crippen molar-refractivity contribution in [1.82, 2.24) is 4.90 Å². The molecule has 0 aliphatic rings. The molecule has 0 fully saturated rings. The van der Waals surface area contributed by atoms with Crippen molar-refractivity contribution >= 4 is 29.3 Å². The van der Waals surface area contributed by atoms with E-state index in [1.165, 1.54) is 12.1 Å². The number of anilines is 1. The van der Waals surface area contributed by atoms with Crippen LogP contribution in [0, 0.1) is 5.92 Å². The van der Waals surface area contributed by atoms with Crippen LogP contribution >= 0.6 is 11.6 Å². The van der Waals surface area contributed by atoms with Gasteiger partial charge >= 0.3 is 12.0 Å².